The molecule has 1 saturated heterocycles. The van der Waals surface area contributed by atoms with Crippen LogP contribution in [-0.4, -0.2) is 67.2 Å². The Bertz CT molecular complexity index is 909. The molecule has 162 valence electrons. The van der Waals surface area contributed by atoms with Gasteiger partial charge in [0, 0.05) is 51.7 Å². The molecule has 1 amide bonds. The topological polar surface area (TPSA) is 60.9 Å². The summed E-state index contributed by atoms with van der Waals surface area (Å²) in [4.78, 5) is 17.2. The maximum Gasteiger partial charge on any atom is 0.243 e. The van der Waals surface area contributed by atoms with E-state index in [1.165, 1.54) is 9.87 Å². The second-order valence-electron chi connectivity index (χ2n) is 7.92. The number of benzene rings is 2. The van der Waals surface area contributed by atoms with Gasteiger partial charge in [-0.3, -0.25) is 9.69 Å². The number of carbonyl (C=O) groups excluding carboxylic acids is 1. The van der Waals surface area contributed by atoms with E-state index in [9.17, 15) is 13.2 Å². The lowest BCUT2D eigenvalue weighted by atomic mass is 10.2. The minimum Gasteiger partial charge on any atom is -0.340 e. The lowest BCUT2D eigenvalue weighted by molar-refractivity contribution is -0.133. The van der Waals surface area contributed by atoms with Crippen molar-refractivity contribution < 1.29 is 13.2 Å². The third kappa shape index (κ3) is 5.68. The third-order valence-electron chi connectivity index (χ3n) is 5.45. The van der Waals surface area contributed by atoms with Gasteiger partial charge in [-0.15, -0.1) is 0 Å². The number of nitrogens with zero attached hydrogens (tertiary/aromatic N) is 3. The van der Waals surface area contributed by atoms with Gasteiger partial charge in [0.1, 0.15) is 0 Å². The van der Waals surface area contributed by atoms with Crippen molar-refractivity contribution >= 4 is 15.9 Å². The molecule has 0 radical (unpaired) electrons. The first kappa shape index (κ1) is 22.5. The largest absolute Gasteiger partial charge is 0.340 e. The van der Waals surface area contributed by atoms with Gasteiger partial charge in [0.2, 0.25) is 15.9 Å². The molecule has 0 aliphatic carbocycles. The zero-order valence-electron chi connectivity index (χ0n) is 17.8. The highest BCUT2D eigenvalue weighted by Gasteiger charge is 2.28. The summed E-state index contributed by atoms with van der Waals surface area (Å²) < 4.78 is 27.4. The van der Waals surface area contributed by atoms with Crippen LogP contribution in [0.25, 0.3) is 0 Å². The van der Waals surface area contributed by atoms with Crippen LogP contribution in [-0.2, 0) is 21.4 Å². The summed E-state index contributed by atoms with van der Waals surface area (Å²) in [5.41, 5.74) is 1.27. The van der Waals surface area contributed by atoms with Crippen LogP contribution in [0.1, 0.15) is 25.8 Å². The lowest BCUT2D eigenvalue weighted by Crippen LogP contribution is -2.49. The van der Waals surface area contributed by atoms with Crippen molar-refractivity contribution in [1.29, 1.82) is 0 Å². The fourth-order valence-electron chi connectivity index (χ4n) is 3.74. The summed E-state index contributed by atoms with van der Waals surface area (Å²) in [6.07, 6.45) is 0.197. The molecule has 1 heterocycles. The van der Waals surface area contributed by atoms with Gasteiger partial charge in [0.05, 0.1) is 4.90 Å². The first-order valence-corrected chi connectivity index (χ1v) is 11.9. The molecule has 0 atom stereocenters. The van der Waals surface area contributed by atoms with Gasteiger partial charge in [0.25, 0.3) is 0 Å². The van der Waals surface area contributed by atoms with Crippen molar-refractivity contribution in [2.45, 2.75) is 37.8 Å². The van der Waals surface area contributed by atoms with Crippen molar-refractivity contribution in [2.75, 3.05) is 32.7 Å². The Kier molecular flexibility index (Phi) is 7.64. The average Bonchev–Trinajstić information content (AvgIpc) is 2.75. The van der Waals surface area contributed by atoms with E-state index in [0.29, 0.717) is 13.1 Å². The van der Waals surface area contributed by atoms with Gasteiger partial charge in [0.15, 0.2) is 0 Å². The Morgan fingerprint density at radius 3 is 2.07 bits per heavy atom. The van der Waals surface area contributed by atoms with Crippen LogP contribution in [0.2, 0.25) is 0 Å². The molecule has 30 heavy (non-hydrogen) atoms. The summed E-state index contributed by atoms with van der Waals surface area (Å²) in [6.45, 7) is 7.78. The highest BCUT2D eigenvalue weighted by Crippen LogP contribution is 2.19. The zero-order chi connectivity index (χ0) is 21.6. The Balaban J connectivity index is 1.53. The first-order valence-electron chi connectivity index (χ1n) is 10.5. The molecule has 0 bridgehead atoms. The van der Waals surface area contributed by atoms with Crippen LogP contribution < -0.4 is 0 Å². The minimum absolute atomic E-state index is 0.0169. The van der Waals surface area contributed by atoms with E-state index in [0.717, 1.165) is 19.6 Å². The highest BCUT2D eigenvalue weighted by atomic mass is 32.2. The number of piperazine rings is 1. The molecular formula is C23H31N3O3S. The molecule has 0 unspecified atom stereocenters. The lowest BCUT2D eigenvalue weighted by Gasteiger charge is -2.35. The molecule has 0 N–H and O–H groups in total. The van der Waals surface area contributed by atoms with E-state index in [1.54, 1.807) is 30.3 Å². The molecule has 3 rings (SSSR count). The Hall–Kier alpha value is -2.22. The van der Waals surface area contributed by atoms with E-state index in [4.69, 9.17) is 0 Å². The molecule has 0 saturated carbocycles. The summed E-state index contributed by atoms with van der Waals surface area (Å²) >= 11 is 0. The normalized spacial score (nSPS) is 15.7. The van der Waals surface area contributed by atoms with Gasteiger partial charge >= 0.3 is 0 Å². The summed E-state index contributed by atoms with van der Waals surface area (Å²) in [5, 5.41) is 0. The van der Waals surface area contributed by atoms with E-state index >= 15 is 0 Å². The standard InChI is InChI=1S/C23H31N3O3S/c1-20(2)26(30(28,29)22-11-7-4-8-12-22)14-13-23(27)25-17-15-24(16-18-25)19-21-9-5-3-6-10-21/h3-12,20H,13-19H2,1-2H3. The smallest absolute Gasteiger partial charge is 0.243 e. The average molecular weight is 430 g/mol. The number of hydrogen-bond donors (Lipinski definition) is 0. The van der Waals surface area contributed by atoms with Crippen molar-refractivity contribution in [3.8, 4) is 0 Å². The van der Waals surface area contributed by atoms with E-state index in [2.05, 4.69) is 17.0 Å². The maximum absolute atomic E-state index is 13.0. The molecular weight excluding hydrogens is 398 g/mol. The molecule has 6 nitrogen and oxygen atoms in total. The summed E-state index contributed by atoms with van der Waals surface area (Å²) in [6, 6.07) is 18.5. The van der Waals surface area contributed by atoms with E-state index in [-0.39, 0.29) is 29.8 Å². The van der Waals surface area contributed by atoms with Crippen molar-refractivity contribution in [3.63, 3.8) is 0 Å². The number of sulfonamides is 1. The van der Waals surface area contributed by atoms with Gasteiger partial charge in [-0.1, -0.05) is 48.5 Å². The number of carbonyl (C=O) groups is 1. The van der Waals surface area contributed by atoms with Crippen molar-refractivity contribution in [1.82, 2.24) is 14.1 Å². The molecule has 7 heteroatoms. The maximum atomic E-state index is 13.0. The van der Waals surface area contributed by atoms with Crippen LogP contribution in [0.4, 0.5) is 0 Å². The Labute approximate surface area is 180 Å². The van der Waals surface area contributed by atoms with Crippen molar-refractivity contribution in [3.05, 3.63) is 66.2 Å². The SMILES string of the molecule is CC(C)N(CCC(=O)N1CCN(Cc2ccccc2)CC1)S(=O)(=O)c1ccccc1. The number of amides is 1. The predicted molar refractivity (Wildman–Crippen MR) is 118 cm³/mol. The van der Waals surface area contributed by atoms with Crippen LogP contribution in [0.5, 0.6) is 0 Å². The molecule has 2 aromatic rings. The van der Waals surface area contributed by atoms with Gasteiger partial charge in [-0.2, -0.15) is 4.31 Å². The highest BCUT2D eigenvalue weighted by molar-refractivity contribution is 7.89. The fourth-order valence-corrected chi connectivity index (χ4v) is 5.40. The third-order valence-corrected chi connectivity index (χ3v) is 7.54. The Morgan fingerprint density at radius 1 is 0.933 bits per heavy atom. The minimum atomic E-state index is -3.62. The quantitative estimate of drug-likeness (QED) is 0.647. The predicted octanol–water partition coefficient (Wildman–Crippen LogP) is 2.82. The van der Waals surface area contributed by atoms with Gasteiger partial charge in [-0.25, -0.2) is 8.42 Å². The van der Waals surface area contributed by atoms with Gasteiger partial charge < -0.3 is 4.90 Å². The van der Waals surface area contributed by atoms with Crippen molar-refractivity contribution in [2.24, 2.45) is 0 Å². The first-order chi connectivity index (χ1) is 14.4. The zero-order valence-corrected chi connectivity index (χ0v) is 18.6. The monoisotopic (exact) mass is 429 g/mol. The molecule has 0 aromatic heterocycles. The Morgan fingerprint density at radius 2 is 1.50 bits per heavy atom. The second-order valence-corrected chi connectivity index (χ2v) is 9.81. The number of rotatable bonds is 8. The molecule has 1 aliphatic heterocycles. The molecule has 1 aliphatic rings. The summed E-state index contributed by atoms with van der Waals surface area (Å²) in [7, 11) is -3.62. The summed E-state index contributed by atoms with van der Waals surface area (Å²) in [5.74, 6) is 0.0169. The van der Waals surface area contributed by atoms with E-state index in [1.807, 2.05) is 36.9 Å². The number of hydrogen-bond acceptors (Lipinski definition) is 4. The van der Waals surface area contributed by atoms with E-state index < -0.39 is 10.0 Å². The molecule has 0 spiro atoms. The van der Waals surface area contributed by atoms with Crippen LogP contribution in [0.15, 0.2) is 65.6 Å². The second kappa shape index (κ2) is 10.2. The molecule has 2 aromatic carbocycles. The van der Waals surface area contributed by atoms with Crippen LogP contribution >= 0.6 is 0 Å². The fraction of sp³-hybridized carbons (Fsp3) is 0.435. The van der Waals surface area contributed by atoms with Gasteiger partial charge in [-0.05, 0) is 31.5 Å². The van der Waals surface area contributed by atoms with Crippen LogP contribution in [0, 0.1) is 0 Å². The van der Waals surface area contributed by atoms with Crippen LogP contribution in [0.3, 0.4) is 0 Å². The molecule has 1 fully saturated rings.